The van der Waals surface area contributed by atoms with Crippen LogP contribution in [-0.2, 0) is 0 Å². The fourth-order valence-corrected chi connectivity index (χ4v) is 2.01. The molecule has 0 fully saturated rings. The fourth-order valence-electron chi connectivity index (χ4n) is 1.75. The summed E-state index contributed by atoms with van der Waals surface area (Å²) >= 11 is 6.41. The fraction of sp³-hybridized carbons (Fsp3) is 0.0667. The zero-order valence-corrected chi connectivity index (χ0v) is 10.2. The highest BCUT2D eigenvalue weighted by molar-refractivity contribution is 6.26. The molecule has 0 saturated carbocycles. The van der Waals surface area contributed by atoms with Crippen LogP contribution in [0.15, 0.2) is 61.2 Å². The van der Waals surface area contributed by atoms with E-state index in [0.717, 1.165) is 16.7 Å². The van der Waals surface area contributed by atoms with E-state index in [-0.39, 0.29) is 5.38 Å². The van der Waals surface area contributed by atoms with Crippen LogP contribution in [0.2, 0.25) is 0 Å². The van der Waals surface area contributed by atoms with Crippen LogP contribution < -0.4 is 5.73 Å². The van der Waals surface area contributed by atoms with Gasteiger partial charge in [-0.2, -0.15) is 0 Å². The monoisotopic (exact) mass is 243 g/mol. The molecule has 0 bridgehead atoms. The summed E-state index contributed by atoms with van der Waals surface area (Å²) in [4.78, 5) is 0. The summed E-state index contributed by atoms with van der Waals surface area (Å²) in [5, 5.41) is -0.249. The molecular weight excluding hydrogens is 230 g/mol. The predicted molar refractivity (Wildman–Crippen MR) is 74.9 cm³/mol. The molecule has 0 aliphatic heterocycles. The Morgan fingerprint density at radius 2 is 1.59 bits per heavy atom. The number of anilines is 1. The van der Waals surface area contributed by atoms with E-state index in [0.29, 0.717) is 5.69 Å². The van der Waals surface area contributed by atoms with Crippen molar-refractivity contribution in [3.05, 3.63) is 72.3 Å². The van der Waals surface area contributed by atoms with Crippen molar-refractivity contribution in [1.82, 2.24) is 0 Å². The Hall–Kier alpha value is -1.73. The summed E-state index contributed by atoms with van der Waals surface area (Å²) in [6.45, 7) is 4.05. The molecule has 0 spiro atoms. The SMILES string of the molecule is C=C(c1ccccc1N)C(Cl)c1ccccc1. The average molecular weight is 244 g/mol. The first-order chi connectivity index (χ1) is 8.20. The van der Waals surface area contributed by atoms with Gasteiger partial charge in [0.2, 0.25) is 0 Å². The number of halogens is 1. The second-order valence-corrected chi connectivity index (χ2v) is 4.32. The van der Waals surface area contributed by atoms with E-state index >= 15 is 0 Å². The Kier molecular flexibility index (Phi) is 3.50. The smallest absolute Gasteiger partial charge is 0.0836 e. The standard InChI is InChI=1S/C15H14ClN/c1-11(13-9-5-6-10-14(13)17)15(16)12-7-3-2-4-8-12/h2-10,15H,1,17H2. The Morgan fingerprint density at radius 1 is 1.00 bits per heavy atom. The van der Waals surface area contributed by atoms with Gasteiger partial charge < -0.3 is 5.73 Å². The van der Waals surface area contributed by atoms with Crippen molar-refractivity contribution in [1.29, 1.82) is 0 Å². The first kappa shape index (κ1) is 11.7. The van der Waals surface area contributed by atoms with Crippen LogP contribution in [0.1, 0.15) is 16.5 Å². The van der Waals surface area contributed by atoms with Crippen LogP contribution in [-0.4, -0.2) is 0 Å². The van der Waals surface area contributed by atoms with E-state index in [1.807, 2.05) is 54.6 Å². The number of nitrogen functional groups attached to an aromatic ring is 1. The van der Waals surface area contributed by atoms with Gasteiger partial charge in [0.05, 0.1) is 5.38 Å². The maximum atomic E-state index is 6.41. The number of rotatable bonds is 3. The highest BCUT2D eigenvalue weighted by atomic mass is 35.5. The second-order valence-electron chi connectivity index (χ2n) is 3.89. The van der Waals surface area contributed by atoms with E-state index < -0.39 is 0 Å². The maximum Gasteiger partial charge on any atom is 0.0836 e. The summed E-state index contributed by atoms with van der Waals surface area (Å²) in [5.41, 5.74) is 9.40. The van der Waals surface area contributed by atoms with E-state index in [1.165, 1.54) is 0 Å². The third-order valence-corrected chi connectivity index (χ3v) is 3.22. The van der Waals surface area contributed by atoms with Gasteiger partial charge in [-0.05, 0) is 17.2 Å². The van der Waals surface area contributed by atoms with Crippen molar-refractivity contribution in [3.8, 4) is 0 Å². The lowest BCUT2D eigenvalue weighted by Gasteiger charge is -2.15. The number of nitrogens with two attached hydrogens (primary N) is 1. The first-order valence-electron chi connectivity index (χ1n) is 5.43. The number of benzene rings is 2. The summed E-state index contributed by atoms with van der Waals surface area (Å²) in [7, 11) is 0. The largest absolute Gasteiger partial charge is 0.398 e. The van der Waals surface area contributed by atoms with E-state index in [1.54, 1.807) is 0 Å². The van der Waals surface area contributed by atoms with Gasteiger partial charge in [-0.3, -0.25) is 0 Å². The molecule has 1 unspecified atom stereocenters. The highest BCUT2D eigenvalue weighted by Crippen LogP contribution is 2.36. The van der Waals surface area contributed by atoms with Crippen LogP contribution in [0.5, 0.6) is 0 Å². The van der Waals surface area contributed by atoms with Gasteiger partial charge in [0.1, 0.15) is 0 Å². The number of hydrogen-bond acceptors (Lipinski definition) is 1. The van der Waals surface area contributed by atoms with Gasteiger partial charge in [0, 0.05) is 11.3 Å². The predicted octanol–water partition coefficient (Wildman–Crippen LogP) is 4.26. The molecule has 0 amide bonds. The van der Waals surface area contributed by atoms with E-state index in [2.05, 4.69) is 6.58 Å². The molecule has 1 atom stereocenters. The van der Waals surface area contributed by atoms with Gasteiger partial charge in [0.15, 0.2) is 0 Å². The molecule has 0 aromatic heterocycles. The maximum absolute atomic E-state index is 6.41. The van der Waals surface area contributed by atoms with Crippen molar-refractivity contribution in [2.45, 2.75) is 5.38 Å². The molecular formula is C15H14ClN. The van der Waals surface area contributed by atoms with Crippen LogP contribution in [0.4, 0.5) is 5.69 Å². The highest BCUT2D eigenvalue weighted by Gasteiger charge is 2.14. The lowest BCUT2D eigenvalue weighted by molar-refractivity contribution is 1.23. The van der Waals surface area contributed by atoms with Crippen LogP contribution in [0.3, 0.4) is 0 Å². The molecule has 0 aliphatic carbocycles. The first-order valence-corrected chi connectivity index (χ1v) is 5.86. The van der Waals surface area contributed by atoms with Gasteiger partial charge >= 0.3 is 0 Å². The van der Waals surface area contributed by atoms with Crippen molar-refractivity contribution >= 4 is 22.9 Å². The Labute approximate surface area is 107 Å². The summed E-state index contributed by atoms with van der Waals surface area (Å²) in [5.74, 6) is 0. The zero-order valence-electron chi connectivity index (χ0n) is 9.44. The Balaban J connectivity index is 2.30. The molecule has 2 aromatic carbocycles. The van der Waals surface area contributed by atoms with Gasteiger partial charge in [0.25, 0.3) is 0 Å². The minimum Gasteiger partial charge on any atom is -0.398 e. The van der Waals surface area contributed by atoms with E-state index in [9.17, 15) is 0 Å². The van der Waals surface area contributed by atoms with Crippen molar-refractivity contribution in [2.24, 2.45) is 0 Å². The molecule has 0 radical (unpaired) electrons. The molecule has 0 aliphatic rings. The van der Waals surface area contributed by atoms with Gasteiger partial charge in [-0.1, -0.05) is 55.1 Å². The Bertz CT molecular complexity index is 519. The number of allylic oxidation sites excluding steroid dienone is 1. The van der Waals surface area contributed by atoms with Crippen LogP contribution >= 0.6 is 11.6 Å². The molecule has 2 N–H and O–H groups in total. The normalized spacial score (nSPS) is 12.1. The second kappa shape index (κ2) is 5.07. The molecule has 2 aromatic rings. The summed E-state index contributed by atoms with van der Waals surface area (Å²) in [6, 6.07) is 17.5. The average Bonchev–Trinajstić information content (AvgIpc) is 2.39. The molecule has 2 rings (SSSR count). The van der Waals surface area contributed by atoms with Gasteiger partial charge in [-0.25, -0.2) is 0 Å². The number of hydrogen-bond donors (Lipinski definition) is 1. The topological polar surface area (TPSA) is 26.0 Å². The molecule has 0 saturated heterocycles. The molecule has 17 heavy (non-hydrogen) atoms. The van der Waals surface area contributed by atoms with Crippen LogP contribution in [0, 0.1) is 0 Å². The third kappa shape index (κ3) is 2.51. The number of alkyl halides is 1. The van der Waals surface area contributed by atoms with E-state index in [4.69, 9.17) is 17.3 Å². The molecule has 1 nitrogen and oxygen atoms in total. The summed E-state index contributed by atoms with van der Waals surface area (Å²) < 4.78 is 0. The molecule has 86 valence electrons. The Morgan fingerprint density at radius 3 is 2.24 bits per heavy atom. The minimum absolute atomic E-state index is 0.249. The lowest BCUT2D eigenvalue weighted by Crippen LogP contribution is -1.98. The molecule has 2 heteroatoms. The van der Waals surface area contributed by atoms with Gasteiger partial charge in [-0.15, -0.1) is 11.6 Å². The third-order valence-electron chi connectivity index (χ3n) is 2.70. The zero-order chi connectivity index (χ0) is 12.3. The minimum atomic E-state index is -0.249. The van der Waals surface area contributed by atoms with Crippen molar-refractivity contribution < 1.29 is 0 Å². The van der Waals surface area contributed by atoms with Crippen molar-refractivity contribution in [3.63, 3.8) is 0 Å². The summed E-state index contributed by atoms with van der Waals surface area (Å²) in [6.07, 6.45) is 0. The van der Waals surface area contributed by atoms with Crippen molar-refractivity contribution in [2.75, 3.05) is 5.73 Å². The lowest BCUT2D eigenvalue weighted by atomic mass is 9.98. The molecule has 0 heterocycles. The quantitative estimate of drug-likeness (QED) is 0.633. The number of para-hydroxylation sites is 1. The van der Waals surface area contributed by atoms with Crippen LogP contribution in [0.25, 0.3) is 5.57 Å².